The van der Waals surface area contributed by atoms with Crippen LogP contribution >= 0.6 is 11.8 Å². The molecule has 2 nitrogen and oxygen atoms in total. The molecule has 0 aliphatic carbocycles. The summed E-state index contributed by atoms with van der Waals surface area (Å²) in [6, 6.07) is 3.17. The van der Waals surface area contributed by atoms with Gasteiger partial charge in [-0.25, -0.2) is 8.78 Å². The van der Waals surface area contributed by atoms with E-state index in [1.54, 1.807) is 0 Å². The number of nitrogens with two attached hydrogens (primary N) is 1. The molecule has 0 atom stereocenters. The normalized spacial score (nSPS) is 10.0. The molecule has 2 N–H and O–H groups in total. The van der Waals surface area contributed by atoms with Crippen molar-refractivity contribution in [3.05, 3.63) is 29.8 Å². The third-order valence-electron chi connectivity index (χ3n) is 1.26. The van der Waals surface area contributed by atoms with Gasteiger partial charge in [0.15, 0.2) is 0 Å². The number of carbonyl (C=O) groups excluding carboxylic acids is 1. The first-order valence-electron chi connectivity index (χ1n) is 3.46. The van der Waals surface area contributed by atoms with Gasteiger partial charge in [-0.1, -0.05) is 0 Å². The van der Waals surface area contributed by atoms with Crippen molar-refractivity contribution in [1.29, 1.82) is 0 Å². The molecule has 0 aromatic heterocycles. The summed E-state index contributed by atoms with van der Waals surface area (Å²) in [5.74, 6) is -1.86. The summed E-state index contributed by atoms with van der Waals surface area (Å²) in [5, 5.41) is 0. The highest BCUT2D eigenvalue weighted by molar-refractivity contribution is 8.00. The molecule has 0 saturated carbocycles. The van der Waals surface area contributed by atoms with Crippen LogP contribution in [-0.2, 0) is 4.79 Å². The number of halogens is 2. The number of thioether (sulfide) groups is 1. The monoisotopic (exact) mass is 203 g/mol. The van der Waals surface area contributed by atoms with Crippen molar-refractivity contribution in [2.24, 2.45) is 5.73 Å². The summed E-state index contributed by atoms with van der Waals surface area (Å²) in [6.07, 6.45) is 0. The highest BCUT2D eigenvalue weighted by Gasteiger charge is 2.05. The van der Waals surface area contributed by atoms with Gasteiger partial charge in [0.25, 0.3) is 0 Å². The number of rotatable bonds is 3. The second-order valence-electron chi connectivity index (χ2n) is 2.33. The summed E-state index contributed by atoms with van der Waals surface area (Å²) in [5.41, 5.74) is 4.86. The summed E-state index contributed by atoms with van der Waals surface area (Å²) < 4.78 is 25.3. The van der Waals surface area contributed by atoms with E-state index in [2.05, 4.69) is 0 Å². The van der Waals surface area contributed by atoms with Gasteiger partial charge in [0.05, 0.1) is 5.75 Å². The van der Waals surface area contributed by atoms with E-state index in [0.717, 1.165) is 23.9 Å². The Kier molecular flexibility index (Phi) is 3.25. The molecule has 0 radical (unpaired) electrons. The first-order valence-corrected chi connectivity index (χ1v) is 4.44. The second kappa shape index (κ2) is 4.23. The molecular weight excluding hydrogens is 196 g/mol. The van der Waals surface area contributed by atoms with E-state index < -0.39 is 17.5 Å². The van der Waals surface area contributed by atoms with Crippen LogP contribution in [0.3, 0.4) is 0 Å². The molecule has 5 heteroatoms. The quantitative estimate of drug-likeness (QED) is 0.757. The average Bonchev–Trinajstić information content (AvgIpc) is 2.02. The molecule has 70 valence electrons. The zero-order chi connectivity index (χ0) is 9.84. The van der Waals surface area contributed by atoms with Crippen molar-refractivity contribution in [3.63, 3.8) is 0 Å². The van der Waals surface area contributed by atoms with E-state index >= 15 is 0 Å². The van der Waals surface area contributed by atoms with E-state index in [-0.39, 0.29) is 10.6 Å². The van der Waals surface area contributed by atoms with Gasteiger partial charge in [-0.15, -0.1) is 11.8 Å². The molecule has 0 heterocycles. The number of primary amides is 1. The van der Waals surface area contributed by atoms with Gasteiger partial charge >= 0.3 is 0 Å². The lowest BCUT2D eigenvalue weighted by atomic mass is 10.3. The first-order chi connectivity index (χ1) is 6.09. The number of carbonyl (C=O) groups is 1. The molecule has 1 rings (SSSR count). The van der Waals surface area contributed by atoms with Gasteiger partial charge in [-0.2, -0.15) is 0 Å². The predicted octanol–water partition coefficient (Wildman–Crippen LogP) is 1.54. The number of hydrogen-bond donors (Lipinski definition) is 1. The van der Waals surface area contributed by atoms with Crippen molar-refractivity contribution in [1.82, 2.24) is 0 Å². The SMILES string of the molecule is NC(=O)CSc1ccc(F)cc1F. The maximum Gasteiger partial charge on any atom is 0.227 e. The first kappa shape index (κ1) is 9.98. The lowest BCUT2D eigenvalue weighted by molar-refractivity contribution is -0.115. The van der Waals surface area contributed by atoms with Gasteiger partial charge in [0.1, 0.15) is 11.6 Å². The fourth-order valence-corrected chi connectivity index (χ4v) is 1.40. The third-order valence-corrected chi connectivity index (χ3v) is 2.33. The van der Waals surface area contributed by atoms with E-state index in [9.17, 15) is 13.6 Å². The molecule has 0 saturated heterocycles. The molecule has 1 aromatic carbocycles. The second-order valence-corrected chi connectivity index (χ2v) is 3.35. The molecule has 0 aliphatic heterocycles. The van der Waals surface area contributed by atoms with E-state index in [1.807, 2.05) is 0 Å². The molecular formula is C8H7F2NOS. The summed E-state index contributed by atoms with van der Waals surface area (Å²) >= 11 is 0.948. The van der Waals surface area contributed by atoms with Crippen LogP contribution in [0.4, 0.5) is 8.78 Å². The van der Waals surface area contributed by atoms with Crippen molar-refractivity contribution in [3.8, 4) is 0 Å². The predicted molar refractivity (Wildman–Crippen MR) is 46.3 cm³/mol. The highest BCUT2D eigenvalue weighted by atomic mass is 32.2. The third kappa shape index (κ3) is 3.02. The lowest BCUT2D eigenvalue weighted by Gasteiger charge is -2.00. The smallest absolute Gasteiger partial charge is 0.227 e. The molecule has 13 heavy (non-hydrogen) atoms. The lowest BCUT2D eigenvalue weighted by Crippen LogP contribution is -2.13. The van der Waals surface area contributed by atoms with Crippen molar-refractivity contribution in [2.45, 2.75) is 4.90 Å². The Morgan fingerprint density at radius 2 is 2.15 bits per heavy atom. The highest BCUT2D eigenvalue weighted by Crippen LogP contribution is 2.21. The van der Waals surface area contributed by atoms with Gasteiger partial charge < -0.3 is 5.73 Å². The molecule has 1 amide bonds. The van der Waals surface area contributed by atoms with Gasteiger partial charge in [0.2, 0.25) is 5.91 Å². The van der Waals surface area contributed by atoms with Crippen LogP contribution in [0.15, 0.2) is 23.1 Å². The van der Waals surface area contributed by atoms with Gasteiger partial charge in [-0.05, 0) is 12.1 Å². The topological polar surface area (TPSA) is 43.1 Å². The Morgan fingerprint density at radius 3 is 2.69 bits per heavy atom. The largest absolute Gasteiger partial charge is 0.369 e. The maximum atomic E-state index is 12.9. The Morgan fingerprint density at radius 1 is 1.46 bits per heavy atom. The van der Waals surface area contributed by atoms with E-state index in [4.69, 9.17) is 5.73 Å². The summed E-state index contributed by atoms with van der Waals surface area (Å²) in [4.78, 5) is 10.6. The van der Waals surface area contributed by atoms with Gasteiger partial charge in [-0.3, -0.25) is 4.79 Å². The van der Waals surface area contributed by atoms with Crippen LogP contribution in [0.1, 0.15) is 0 Å². The Bertz CT molecular complexity index is 330. The van der Waals surface area contributed by atoms with E-state index in [1.165, 1.54) is 6.07 Å². The van der Waals surface area contributed by atoms with Crippen LogP contribution < -0.4 is 5.73 Å². The molecule has 0 aliphatic rings. The molecule has 0 unspecified atom stereocenters. The Hall–Kier alpha value is -1.10. The van der Waals surface area contributed by atoms with Gasteiger partial charge in [0, 0.05) is 11.0 Å². The fourth-order valence-electron chi connectivity index (χ4n) is 0.741. The standard InChI is InChI=1S/C8H7F2NOS/c9-5-1-2-7(6(10)3-5)13-4-8(11)12/h1-3H,4H2,(H2,11,12). The minimum atomic E-state index is -0.675. The van der Waals surface area contributed by atoms with Crippen molar-refractivity contribution >= 4 is 17.7 Å². The molecule has 1 aromatic rings. The minimum absolute atomic E-state index is 0.0114. The maximum absolute atomic E-state index is 12.9. The summed E-state index contributed by atoms with van der Waals surface area (Å²) in [6.45, 7) is 0. The van der Waals surface area contributed by atoms with Crippen LogP contribution in [0.2, 0.25) is 0 Å². The number of benzene rings is 1. The van der Waals surface area contributed by atoms with Crippen LogP contribution in [0, 0.1) is 11.6 Å². The van der Waals surface area contributed by atoms with Crippen LogP contribution in [-0.4, -0.2) is 11.7 Å². The number of hydrogen-bond acceptors (Lipinski definition) is 2. The number of amides is 1. The summed E-state index contributed by atoms with van der Waals surface area (Å²) in [7, 11) is 0. The molecule has 0 spiro atoms. The Labute approximate surface area is 78.1 Å². The fraction of sp³-hybridized carbons (Fsp3) is 0.125. The zero-order valence-corrected chi connectivity index (χ0v) is 7.41. The minimum Gasteiger partial charge on any atom is -0.369 e. The molecule has 0 bridgehead atoms. The van der Waals surface area contributed by atoms with Crippen LogP contribution in [0.5, 0.6) is 0 Å². The average molecular weight is 203 g/mol. The van der Waals surface area contributed by atoms with Crippen LogP contribution in [0.25, 0.3) is 0 Å². The van der Waals surface area contributed by atoms with Crippen molar-refractivity contribution < 1.29 is 13.6 Å². The molecule has 0 fully saturated rings. The van der Waals surface area contributed by atoms with Crippen molar-refractivity contribution in [2.75, 3.05) is 5.75 Å². The zero-order valence-electron chi connectivity index (χ0n) is 6.59. The Balaban J connectivity index is 2.72. The van der Waals surface area contributed by atoms with E-state index in [0.29, 0.717) is 0 Å².